The van der Waals surface area contributed by atoms with Crippen molar-refractivity contribution in [2.24, 2.45) is 0 Å². The Kier molecular flexibility index (Phi) is 3.85. The van der Waals surface area contributed by atoms with E-state index in [1.807, 2.05) is 0 Å². The molecule has 0 spiro atoms. The number of benzene rings is 3. The van der Waals surface area contributed by atoms with E-state index in [0.717, 1.165) is 0 Å². The van der Waals surface area contributed by atoms with Gasteiger partial charge >= 0.3 is 0 Å². The van der Waals surface area contributed by atoms with Gasteiger partial charge in [0.25, 0.3) is 16.0 Å². The number of hydrogen-bond donors (Lipinski definition) is 2. The maximum absolute atomic E-state index is 12.3. The van der Waals surface area contributed by atoms with E-state index >= 15 is 0 Å². The number of hydrogen-bond acceptors (Lipinski definition) is 3. The fraction of sp³-hybridized carbons (Fsp3) is 0. The fourth-order valence-electron chi connectivity index (χ4n) is 2.41. The molecule has 3 rings (SSSR count). The first-order valence-corrected chi connectivity index (χ1v) is 8.26. The second-order valence-electron chi connectivity index (χ2n) is 4.96. The third kappa shape index (κ3) is 3.08. The molecule has 0 atom stereocenters. The molecule has 6 heteroatoms. The third-order valence-electron chi connectivity index (χ3n) is 3.43. The molecule has 0 aliphatic rings. The van der Waals surface area contributed by atoms with Crippen molar-refractivity contribution in [1.82, 2.24) is 0 Å². The molecular weight excluding hydrogens is 314 g/mol. The van der Waals surface area contributed by atoms with Gasteiger partial charge in [-0.15, -0.1) is 0 Å². The lowest BCUT2D eigenvalue weighted by molar-refractivity contribution is 0.102. The van der Waals surface area contributed by atoms with Crippen LogP contribution in [0.25, 0.3) is 10.8 Å². The number of amides is 1. The second-order valence-corrected chi connectivity index (χ2v) is 6.35. The molecule has 3 aromatic rings. The minimum atomic E-state index is -4.40. The van der Waals surface area contributed by atoms with Gasteiger partial charge in [0, 0.05) is 10.9 Å². The van der Waals surface area contributed by atoms with Crippen LogP contribution >= 0.6 is 0 Å². The average molecular weight is 327 g/mol. The van der Waals surface area contributed by atoms with Crippen LogP contribution in [0.3, 0.4) is 0 Å². The molecule has 23 heavy (non-hydrogen) atoms. The summed E-state index contributed by atoms with van der Waals surface area (Å²) in [5.41, 5.74) is 0.776. The molecule has 0 saturated heterocycles. The highest BCUT2D eigenvalue weighted by atomic mass is 32.2. The molecule has 0 heterocycles. The van der Waals surface area contributed by atoms with Crippen molar-refractivity contribution in [3.8, 4) is 0 Å². The molecule has 0 aliphatic heterocycles. The Labute approximate surface area is 133 Å². The SMILES string of the molecule is O=C(Nc1cccc2cccc(S(=O)(=O)O)c12)c1ccccc1. The monoisotopic (exact) mass is 327 g/mol. The maximum atomic E-state index is 12.3. The number of fused-ring (bicyclic) bond motifs is 1. The zero-order valence-electron chi connectivity index (χ0n) is 11.9. The standard InChI is InChI=1S/C17H13NO4S/c19-17(13-6-2-1-3-7-13)18-14-10-4-8-12-9-5-11-15(16(12)14)23(20,21)22/h1-11H,(H,18,19)(H,20,21,22). The van der Waals surface area contributed by atoms with E-state index in [-0.39, 0.29) is 16.2 Å². The first kappa shape index (κ1) is 15.2. The van der Waals surface area contributed by atoms with Crippen LogP contribution in [0.4, 0.5) is 5.69 Å². The van der Waals surface area contributed by atoms with E-state index in [2.05, 4.69) is 5.32 Å². The van der Waals surface area contributed by atoms with E-state index in [9.17, 15) is 17.8 Å². The Morgan fingerprint density at radius 3 is 2.17 bits per heavy atom. The summed E-state index contributed by atoms with van der Waals surface area (Å²) in [5, 5.41) is 3.58. The average Bonchev–Trinajstić information content (AvgIpc) is 2.54. The summed E-state index contributed by atoms with van der Waals surface area (Å²) in [6.07, 6.45) is 0. The van der Waals surface area contributed by atoms with E-state index in [0.29, 0.717) is 16.6 Å². The summed E-state index contributed by atoms with van der Waals surface area (Å²) in [5.74, 6) is -0.358. The number of nitrogens with one attached hydrogen (secondary N) is 1. The lowest BCUT2D eigenvalue weighted by atomic mass is 10.1. The van der Waals surface area contributed by atoms with Gasteiger partial charge in [-0.2, -0.15) is 8.42 Å². The van der Waals surface area contributed by atoms with Gasteiger partial charge in [-0.1, -0.05) is 42.5 Å². The van der Waals surface area contributed by atoms with Crippen molar-refractivity contribution in [1.29, 1.82) is 0 Å². The van der Waals surface area contributed by atoms with Gasteiger partial charge in [0.2, 0.25) is 0 Å². The van der Waals surface area contributed by atoms with Crippen LogP contribution < -0.4 is 5.32 Å². The van der Waals surface area contributed by atoms with Crippen LogP contribution in [0, 0.1) is 0 Å². The molecule has 0 aliphatic carbocycles. The van der Waals surface area contributed by atoms with Crippen LogP contribution in [0.15, 0.2) is 71.6 Å². The molecule has 0 unspecified atom stereocenters. The zero-order chi connectivity index (χ0) is 16.4. The Balaban J connectivity index is 2.13. The molecular formula is C17H13NO4S. The van der Waals surface area contributed by atoms with Crippen LogP contribution in [-0.2, 0) is 10.1 Å². The molecule has 0 aromatic heterocycles. The molecule has 0 bridgehead atoms. The molecule has 0 radical (unpaired) electrons. The van der Waals surface area contributed by atoms with Crippen molar-refractivity contribution < 1.29 is 17.8 Å². The quantitative estimate of drug-likeness (QED) is 0.723. The summed E-state index contributed by atoms with van der Waals surface area (Å²) in [4.78, 5) is 12.1. The molecule has 1 amide bonds. The number of carbonyl (C=O) groups excluding carboxylic acids is 1. The zero-order valence-corrected chi connectivity index (χ0v) is 12.7. The Bertz CT molecular complexity index is 977. The second kappa shape index (κ2) is 5.83. The van der Waals surface area contributed by atoms with Crippen molar-refractivity contribution in [3.05, 3.63) is 72.3 Å². The van der Waals surface area contributed by atoms with Gasteiger partial charge in [-0.3, -0.25) is 9.35 Å². The summed E-state index contributed by atoms with van der Waals surface area (Å²) in [7, 11) is -4.40. The maximum Gasteiger partial charge on any atom is 0.295 e. The predicted molar refractivity (Wildman–Crippen MR) is 88.2 cm³/mol. The van der Waals surface area contributed by atoms with E-state index in [1.165, 1.54) is 12.1 Å². The van der Waals surface area contributed by atoms with E-state index in [4.69, 9.17) is 0 Å². The minimum absolute atomic E-state index is 0.237. The minimum Gasteiger partial charge on any atom is -0.321 e. The number of carbonyl (C=O) groups is 1. The van der Waals surface area contributed by atoms with Gasteiger partial charge in [-0.25, -0.2) is 0 Å². The molecule has 116 valence electrons. The van der Waals surface area contributed by atoms with Crippen LogP contribution in [-0.4, -0.2) is 18.9 Å². The first-order valence-electron chi connectivity index (χ1n) is 6.82. The topological polar surface area (TPSA) is 83.5 Å². The highest BCUT2D eigenvalue weighted by molar-refractivity contribution is 7.86. The Morgan fingerprint density at radius 1 is 0.870 bits per heavy atom. The first-order chi connectivity index (χ1) is 11.0. The number of anilines is 1. The molecule has 3 aromatic carbocycles. The van der Waals surface area contributed by atoms with E-state index < -0.39 is 10.1 Å². The Morgan fingerprint density at radius 2 is 1.52 bits per heavy atom. The van der Waals surface area contributed by atoms with Gasteiger partial charge in [0.1, 0.15) is 4.90 Å². The lowest BCUT2D eigenvalue weighted by Crippen LogP contribution is -2.12. The van der Waals surface area contributed by atoms with Crippen molar-refractivity contribution >= 4 is 32.5 Å². The van der Waals surface area contributed by atoms with Crippen molar-refractivity contribution in [2.45, 2.75) is 4.90 Å². The highest BCUT2D eigenvalue weighted by Gasteiger charge is 2.17. The van der Waals surface area contributed by atoms with Gasteiger partial charge in [0.15, 0.2) is 0 Å². The van der Waals surface area contributed by atoms with Crippen LogP contribution in [0.2, 0.25) is 0 Å². The summed E-state index contributed by atoms with van der Waals surface area (Å²) < 4.78 is 32.6. The highest BCUT2D eigenvalue weighted by Crippen LogP contribution is 2.30. The summed E-state index contributed by atoms with van der Waals surface area (Å²) >= 11 is 0. The molecule has 5 nitrogen and oxygen atoms in total. The number of rotatable bonds is 3. The fourth-order valence-corrected chi connectivity index (χ4v) is 3.15. The lowest BCUT2D eigenvalue weighted by Gasteiger charge is -2.11. The van der Waals surface area contributed by atoms with Crippen molar-refractivity contribution in [3.63, 3.8) is 0 Å². The van der Waals surface area contributed by atoms with Crippen LogP contribution in [0.1, 0.15) is 10.4 Å². The third-order valence-corrected chi connectivity index (χ3v) is 4.32. The van der Waals surface area contributed by atoms with Crippen molar-refractivity contribution in [2.75, 3.05) is 5.32 Å². The van der Waals surface area contributed by atoms with Gasteiger partial charge in [-0.05, 0) is 29.7 Å². The van der Waals surface area contributed by atoms with Gasteiger partial charge in [0.05, 0.1) is 5.69 Å². The van der Waals surface area contributed by atoms with Crippen LogP contribution in [0.5, 0.6) is 0 Å². The molecule has 0 saturated carbocycles. The summed E-state index contributed by atoms with van der Waals surface area (Å²) in [6, 6.07) is 18.1. The largest absolute Gasteiger partial charge is 0.321 e. The molecule has 0 fully saturated rings. The smallest absolute Gasteiger partial charge is 0.295 e. The predicted octanol–water partition coefficient (Wildman–Crippen LogP) is 3.34. The summed E-state index contributed by atoms with van der Waals surface area (Å²) in [6.45, 7) is 0. The normalized spacial score (nSPS) is 11.3. The van der Waals surface area contributed by atoms with Gasteiger partial charge < -0.3 is 5.32 Å². The molecule has 2 N–H and O–H groups in total. The van der Waals surface area contributed by atoms with E-state index in [1.54, 1.807) is 54.6 Å². The Hall–Kier alpha value is -2.70.